The highest BCUT2D eigenvalue weighted by Gasteiger charge is 2.39. The molecule has 8 heteroatoms. The van der Waals surface area contributed by atoms with Gasteiger partial charge in [-0.05, 0) is 55.5 Å². The van der Waals surface area contributed by atoms with Gasteiger partial charge >= 0.3 is 6.09 Å². The van der Waals surface area contributed by atoms with Crippen LogP contribution in [-0.2, 0) is 10.0 Å². The van der Waals surface area contributed by atoms with Gasteiger partial charge in [0.25, 0.3) is 10.0 Å². The third-order valence-electron chi connectivity index (χ3n) is 1.98. The summed E-state index contributed by atoms with van der Waals surface area (Å²) in [5, 5.41) is 8.82. The van der Waals surface area contributed by atoms with Crippen LogP contribution in [-0.4, -0.2) is 34.4 Å². The van der Waals surface area contributed by atoms with E-state index in [1.165, 1.54) is 33.0 Å². The zero-order valence-electron chi connectivity index (χ0n) is 10.1. The van der Waals surface area contributed by atoms with Gasteiger partial charge in [0.15, 0.2) is 5.03 Å². The minimum absolute atomic E-state index is 0.272. The Bertz CT molecular complexity index is 565. The van der Waals surface area contributed by atoms with Gasteiger partial charge in [0.1, 0.15) is 0 Å². The Morgan fingerprint density at radius 3 is 2.39 bits per heavy atom. The zero-order chi connectivity index (χ0) is 14.1. The highest BCUT2D eigenvalue weighted by atomic mass is 127. The summed E-state index contributed by atoms with van der Waals surface area (Å²) in [6, 6.07) is 2.96. The molecule has 0 atom stereocenters. The number of nitrogens with zero attached hydrogens (tertiary/aromatic N) is 2. The lowest BCUT2D eigenvalue weighted by molar-refractivity contribution is 0.146. The molecule has 0 aliphatic carbocycles. The molecule has 1 heterocycles. The second kappa shape index (κ2) is 5.00. The molecule has 0 aromatic carbocycles. The predicted octanol–water partition coefficient (Wildman–Crippen LogP) is 2.15. The van der Waals surface area contributed by atoms with Crippen molar-refractivity contribution in [1.29, 1.82) is 0 Å². The first-order chi connectivity index (χ1) is 8.06. The highest BCUT2D eigenvalue weighted by Crippen LogP contribution is 2.24. The number of rotatable bonds is 2. The van der Waals surface area contributed by atoms with Crippen molar-refractivity contribution in [2.45, 2.75) is 31.3 Å². The molecule has 0 spiro atoms. The van der Waals surface area contributed by atoms with E-state index in [4.69, 9.17) is 5.11 Å². The summed E-state index contributed by atoms with van der Waals surface area (Å²) in [4.78, 5) is 14.9. The average Bonchev–Trinajstić information content (AvgIpc) is 2.13. The van der Waals surface area contributed by atoms with Crippen LogP contribution in [0.2, 0.25) is 0 Å². The highest BCUT2D eigenvalue weighted by molar-refractivity contribution is 14.1. The Labute approximate surface area is 119 Å². The summed E-state index contributed by atoms with van der Waals surface area (Å²) in [5.74, 6) is 0. The molecule has 1 aromatic rings. The third kappa shape index (κ3) is 3.10. The van der Waals surface area contributed by atoms with Crippen molar-refractivity contribution < 1.29 is 18.3 Å². The van der Waals surface area contributed by atoms with Crippen LogP contribution in [0.3, 0.4) is 0 Å². The smallest absolute Gasteiger partial charge is 0.421 e. The van der Waals surface area contributed by atoms with Crippen LogP contribution in [0.1, 0.15) is 20.8 Å². The number of aromatic nitrogens is 1. The van der Waals surface area contributed by atoms with Crippen LogP contribution in [0.4, 0.5) is 4.79 Å². The van der Waals surface area contributed by atoms with E-state index in [9.17, 15) is 13.2 Å². The normalized spacial score (nSPS) is 12.2. The Morgan fingerprint density at radius 1 is 1.44 bits per heavy atom. The van der Waals surface area contributed by atoms with Crippen molar-refractivity contribution in [1.82, 2.24) is 9.29 Å². The number of hydrogen-bond donors (Lipinski definition) is 1. The summed E-state index contributed by atoms with van der Waals surface area (Å²) in [6.45, 7) is 4.52. The average molecular weight is 384 g/mol. The van der Waals surface area contributed by atoms with Gasteiger partial charge in [-0.25, -0.2) is 9.78 Å². The molecular formula is C10H13IN2O4S. The van der Waals surface area contributed by atoms with E-state index in [0.29, 0.717) is 7.88 Å². The maximum atomic E-state index is 12.3. The van der Waals surface area contributed by atoms with Gasteiger partial charge in [-0.3, -0.25) is 0 Å². The Balaban J connectivity index is 3.40. The molecule has 6 nitrogen and oxygen atoms in total. The fourth-order valence-corrected chi connectivity index (χ4v) is 3.62. The van der Waals surface area contributed by atoms with E-state index >= 15 is 0 Å². The first-order valence-corrected chi connectivity index (χ1v) is 7.48. The van der Waals surface area contributed by atoms with E-state index in [1.54, 1.807) is 6.07 Å². The van der Waals surface area contributed by atoms with Crippen LogP contribution in [0, 0.1) is 3.57 Å². The SMILES string of the molecule is CC(C)(C)N(C(=O)O)S(=O)(=O)c1cc(I)ccn1. The first kappa shape index (κ1) is 15.2. The lowest BCUT2D eigenvalue weighted by atomic mass is 10.1. The lowest BCUT2D eigenvalue weighted by Crippen LogP contribution is -2.48. The van der Waals surface area contributed by atoms with Crippen LogP contribution in [0.15, 0.2) is 23.4 Å². The van der Waals surface area contributed by atoms with Gasteiger partial charge in [-0.1, -0.05) is 0 Å². The number of carboxylic acid groups (broad SMARTS) is 1. The van der Waals surface area contributed by atoms with E-state index in [2.05, 4.69) is 4.98 Å². The topological polar surface area (TPSA) is 87.6 Å². The molecule has 1 N–H and O–H groups in total. The van der Waals surface area contributed by atoms with Crippen LogP contribution in [0.25, 0.3) is 0 Å². The van der Waals surface area contributed by atoms with Crippen molar-refractivity contribution in [3.05, 3.63) is 21.9 Å². The van der Waals surface area contributed by atoms with Gasteiger partial charge in [0, 0.05) is 9.77 Å². The molecule has 0 saturated carbocycles. The van der Waals surface area contributed by atoms with Gasteiger partial charge < -0.3 is 5.11 Å². The van der Waals surface area contributed by atoms with E-state index in [0.717, 1.165) is 0 Å². The molecule has 0 aliphatic rings. The largest absolute Gasteiger partial charge is 0.464 e. The monoisotopic (exact) mass is 384 g/mol. The molecule has 100 valence electrons. The molecule has 18 heavy (non-hydrogen) atoms. The number of amides is 1. The van der Waals surface area contributed by atoms with Crippen molar-refractivity contribution in [3.63, 3.8) is 0 Å². The fraction of sp³-hybridized carbons (Fsp3) is 0.400. The van der Waals surface area contributed by atoms with Crippen molar-refractivity contribution in [3.8, 4) is 0 Å². The Hall–Kier alpha value is -0.900. The molecule has 0 unspecified atom stereocenters. The van der Waals surface area contributed by atoms with Crippen molar-refractivity contribution >= 4 is 38.7 Å². The standard InChI is InChI=1S/C10H13IN2O4S/c1-10(2,3)13(9(14)15)18(16,17)8-6-7(11)4-5-12-8/h4-6H,1-3H3,(H,14,15). The maximum Gasteiger partial charge on any atom is 0.421 e. The van der Waals surface area contributed by atoms with Crippen LogP contribution >= 0.6 is 22.6 Å². The quantitative estimate of drug-likeness (QED) is 0.790. The van der Waals surface area contributed by atoms with Gasteiger partial charge in [0.2, 0.25) is 0 Å². The maximum absolute atomic E-state index is 12.3. The molecule has 0 aliphatic heterocycles. The molecule has 1 amide bonds. The van der Waals surface area contributed by atoms with Crippen molar-refractivity contribution in [2.75, 3.05) is 0 Å². The number of pyridine rings is 1. The summed E-state index contributed by atoms with van der Waals surface area (Å²) in [7, 11) is -4.16. The fourth-order valence-electron chi connectivity index (χ4n) is 1.37. The number of sulfonamides is 1. The molecule has 0 radical (unpaired) electrons. The van der Waals surface area contributed by atoms with E-state index in [-0.39, 0.29) is 5.03 Å². The van der Waals surface area contributed by atoms with E-state index in [1.807, 2.05) is 22.6 Å². The summed E-state index contributed by atoms with van der Waals surface area (Å²) >= 11 is 1.94. The second-order valence-corrected chi connectivity index (χ2v) is 7.51. The van der Waals surface area contributed by atoms with Crippen LogP contribution in [0.5, 0.6) is 0 Å². The van der Waals surface area contributed by atoms with Gasteiger partial charge in [-0.15, -0.1) is 0 Å². The molecule has 1 rings (SSSR count). The Morgan fingerprint density at radius 2 is 2.00 bits per heavy atom. The van der Waals surface area contributed by atoms with Crippen molar-refractivity contribution in [2.24, 2.45) is 0 Å². The Kier molecular flexibility index (Phi) is 4.21. The minimum atomic E-state index is -4.16. The van der Waals surface area contributed by atoms with Gasteiger partial charge in [-0.2, -0.15) is 12.7 Å². The van der Waals surface area contributed by atoms with Gasteiger partial charge in [0.05, 0.1) is 5.54 Å². The lowest BCUT2D eigenvalue weighted by Gasteiger charge is -2.31. The molecule has 0 bridgehead atoms. The molecule has 0 saturated heterocycles. The third-order valence-corrected chi connectivity index (χ3v) is 4.59. The summed E-state index contributed by atoms with van der Waals surface area (Å²) in [6.07, 6.45) is -0.194. The summed E-state index contributed by atoms with van der Waals surface area (Å²) in [5.41, 5.74) is -1.08. The predicted molar refractivity (Wildman–Crippen MR) is 73.8 cm³/mol. The minimum Gasteiger partial charge on any atom is -0.464 e. The molecular weight excluding hydrogens is 371 g/mol. The molecule has 1 aromatic heterocycles. The second-order valence-electron chi connectivity index (χ2n) is 4.54. The summed E-state index contributed by atoms with van der Waals surface area (Å²) < 4.78 is 25.6. The van der Waals surface area contributed by atoms with E-state index < -0.39 is 21.7 Å². The zero-order valence-corrected chi connectivity index (χ0v) is 13.1. The number of halogens is 1. The van der Waals surface area contributed by atoms with Crippen LogP contribution < -0.4 is 0 Å². The first-order valence-electron chi connectivity index (χ1n) is 4.97. The number of hydrogen-bond acceptors (Lipinski definition) is 4. The number of carbonyl (C=O) groups is 1. The molecule has 0 fully saturated rings.